The molecule has 1 aliphatic rings. The molecule has 2 N–H and O–H groups in total. The fourth-order valence-corrected chi connectivity index (χ4v) is 2.05. The first-order chi connectivity index (χ1) is 9.70. The molecule has 5 nitrogen and oxygen atoms in total. The largest absolute Gasteiger partial charge is 0.368 e. The molecule has 1 aromatic carbocycles. The Hall–Kier alpha value is -1.88. The van der Waals surface area contributed by atoms with E-state index in [4.69, 9.17) is 4.74 Å². The zero-order valence-corrected chi connectivity index (χ0v) is 11.6. The zero-order valence-electron chi connectivity index (χ0n) is 11.6. The summed E-state index contributed by atoms with van der Waals surface area (Å²) >= 11 is 0. The van der Waals surface area contributed by atoms with Gasteiger partial charge in [0.2, 0.25) is 0 Å². The van der Waals surface area contributed by atoms with Crippen molar-refractivity contribution in [3.8, 4) is 0 Å². The van der Waals surface area contributed by atoms with Gasteiger partial charge < -0.3 is 15.4 Å². The summed E-state index contributed by atoms with van der Waals surface area (Å²) in [5.41, 5.74) is 1.27. The number of amides is 2. The summed E-state index contributed by atoms with van der Waals surface area (Å²) in [6.07, 6.45) is 2.25. The van der Waals surface area contributed by atoms with Gasteiger partial charge in [-0.1, -0.05) is 6.92 Å². The SMILES string of the molecule is CCCNC(=O)c1ccc(NC(=O)[C@H]2CCCO2)cc1. The molecule has 0 bridgehead atoms. The number of hydrogen-bond acceptors (Lipinski definition) is 3. The standard InChI is InChI=1S/C15H20N2O3/c1-2-9-16-14(18)11-5-7-12(8-6-11)17-15(19)13-4-3-10-20-13/h5-8,13H,2-4,9-10H2,1H3,(H,16,18)(H,17,19)/t13-/m1/s1. The number of carbonyl (C=O) groups excluding carboxylic acids is 2. The first-order valence-electron chi connectivity index (χ1n) is 7.01. The van der Waals surface area contributed by atoms with Crippen LogP contribution in [-0.2, 0) is 9.53 Å². The van der Waals surface area contributed by atoms with Crippen molar-refractivity contribution < 1.29 is 14.3 Å². The summed E-state index contributed by atoms with van der Waals surface area (Å²) in [5, 5.41) is 5.60. The van der Waals surface area contributed by atoms with Crippen LogP contribution in [0.2, 0.25) is 0 Å². The minimum absolute atomic E-state index is 0.0937. The Balaban J connectivity index is 1.90. The van der Waals surface area contributed by atoms with E-state index in [2.05, 4.69) is 10.6 Å². The molecule has 108 valence electrons. The molecule has 2 amide bonds. The van der Waals surface area contributed by atoms with Crippen molar-refractivity contribution in [3.05, 3.63) is 29.8 Å². The Bertz CT molecular complexity index is 465. The van der Waals surface area contributed by atoms with Gasteiger partial charge in [-0.05, 0) is 43.5 Å². The third kappa shape index (κ3) is 3.81. The molecular formula is C15H20N2O3. The van der Waals surface area contributed by atoms with E-state index < -0.39 is 0 Å². The second-order valence-corrected chi connectivity index (χ2v) is 4.82. The molecule has 20 heavy (non-hydrogen) atoms. The van der Waals surface area contributed by atoms with Crippen LogP contribution < -0.4 is 10.6 Å². The maximum Gasteiger partial charge on any atom is 0.253 e. The fourth-order valence-electron chi connectivity index (χ4n) is 2.05. The van der Waals surface area contributed by atoms with E-state index >= 15 is 0 Å². The molecule has 1 saturated heterocycles. The second-order valence-electron chi connectivity index (χ2n) is 4.82. The Morgan fingerprint density at radius 2 is 2.05 bits per heavy atom. The number of anilines is 1. The number of nitrogens with one attached hydrogen (secondary N) is 2. The van der Waals surface area contributed by atoms with Gasteiger partial charge in [0.1, 0.15) is 6.10 Å². The van der Waals surface area contributed by atoms with Crippen molar-refractivity contribution in [3.63, 3.8) is 0 Å². The quantitative estimate of drug-likeness (QED) is 0.863. The lowest BCUT2D eigenvalue weighted by molar-refractivity contribution is -0.124. The second kappa shape index (κ2) is 7.05. The monoisotopic (exact) mass is 276 g/mol. The van der Waals surface area contributed by atoms with Crippen LogP contribution in [0.25, 0.3) is 0 Å². The molecule has 0 spiro atoms. The lowest BCUT2D eigenvalue weighted by Crippen LogP contribution is -2.27. The van der Waals surface area contributed by atoms with Crippen molar-refractivity contribution in [2.24, 2.45) is 0 Å². The average Bonchev–Trinajstić information content (AvgIpc) is 3.00. The van der Waals surface area contributed by atoms with E-state index in [1.165, 1.54) is 0 Å². The van der Waals surface area contributed by atoms with Gasteiger partial charge in [-0.25, -0.2) is 0 Å². The van der Waals surface area contributed by atoms with Gasteiger partial charge in [0.05, 0.1) is 0 Å². The fraction of sp³-hybridized carbons (Fsp3) is 0.467. The van der Waals surface area contributed by atoms with Crippen LogP contribution in [0.1, 0.15) is 36.5 Å². The lowest BCUT2D eigenvalue weighted by Gasteiger charge is -2.10. The highest BCUT2D eigenvalue weighted by atomic mass is 16.5. The number of carbonyl (C=O) groups is 2. The zero-order chi connectivity index (χ0) is 14.4. The molecule has 1 atom stereocenters. The molecular weight excluding hydrogens is 256 g/mol. The molecule has 1 aromatic rings. The van der Waals surface area contributed by atoms with Crippen LogP contribution in [0.15, 0.2) is 24.3 Å². The van der Waals surface area contributed by atoms with Crippen LogP contribution in [0.3, 0.4) is 0 Å². The molecule has 0 aliphatic carbocycles. The molecule has 0 saturated carbocycles. The van der Waals surface area contributed by atoms with Crippen LogP contribution >= 0.6 is 0 Å². The normalized spacial score (nSPS) is 17.8. The Morgan fingerprint density at radius 1 is 1.30 bits per heavy atom. The van der Waals surface area contributed by atoms with E-state index in [1.54, 1.807) is 24.3 Å². The highest BCUT2D eigenvalue weighted by Crippen LogP contribution is 2.15. The maximum atomic E-state index is 11.9. The van der Waals surface area contributed by atoms with Crippen molar-refractivity contribution >= 4 is 17.5 Å². The summed E-state index contributed by atoms with van der Waals surface area (Å²) in [4.78, 5) is 23.6. The Labute approximate surface area is 118 Å². The van der Waals surface area contributed by atoms with Gasteiger partial charge >= 0.3 is 0 Å². The predicted molar refractivity (Wildman–Crippen MR) is 76.7 cm³/mol. The van der Waals surface area contributed by atoms with Crippen LogP contribution in [0.4, 0.5) is 5.69 Å². The van der Waals surface area contributed by atoms with Crippen molar-refractivity contribution in [1.82, 2.24) is 5.32 Å². The average molecular weight is 276 g/mol. The van der Waals surface area contributed by atoms with Gasteiger partial charge in [0.25, 0.3) is 11.8 Å². The van der Waals surface area contributed by atoms with Gasteiger partial charge in [-0.3, -0.25) is 9.59 Å². The highest BCUT2D eigenvalue weighted by Gasteiger charge is 2.23. The number of rotatable bonds is 5. The number of ether oxygens (including phenoxy) is 1. The van der Waals surface area contributed by atoms with Crippen molar-refractivity contribution in [2.75, 3.05) is 18.5 Å². The van der Waals surface area contributed by atoms with Gasteiger partial charge in [-0.2, -0.15) is 0 Å². The third-order valence-electron chi connectivity index (χ3n) is 3.17. The molecule has 1 aliphatic heterocycles. The summed E-state index contributed by atoms with van der Waals surface area (Å²) in [6.45, 7) is 3.31. The number of hydrogen-bond donors (Lipinski definition) is 2. The number of benzene rings is 1. The topological polar surface area (TPSA) is 67.4 Å². The molecule has 5 heteroatoms. The minimum atomic E-state index is -0.345. The molecule has 1 heterocycles. The lowest BCUT2D eigenvalue weighted by atomic mass is 10.2. The van der Waals surface area contributed by atoms with Crippen molar-refractivity contribution in [2.45, 2.75) is 32.3 Å². The van der Waals surface area contributed by atoms with Gasteiger partial charge in [-0.15, -0.1) is 0 Å². The molecule has 2 rings (SSSR count). The maximum absolute atomic E-state index is 11.9. The minimum Gasteiger partial charge on any atom is -0.368 e. The summed E-state index contributed by atoms with van der Waals surface area (Å²) in [6, 6.07) is 6.87. The molecule has 0 aromatic heterocycles. The first-order valence-corrected chi connectivity index (χ1v) is 7.01. The molecule has 0 radical (unpaired) electrons. The van der Waals surface area contributed by atoms with Crippen LogP contribution in [-0.4, -0.2) is 31.1 Å². The van der Waals surface area contributed by atoms with E-state index in [0.29, 0.717) is 24.4 Å². The molecule has 0 unspecified atom stereocenters. The van der Waals surface area contributed by atoms with Crippen molar-refractivity contribution in [1.29, 1.82) is 0 Å². The van der Waals surface area contributed by atoms with E-state index in [1.807, 2.05) is 6.92 Å². The van der Waals surface area contributed by atoms with Gasteiger partial charge in [0.15, 0.2) is 0 Å². The third-order valence-corrected chi connectivity index (χ3v) is 3.17. The van der Waals surface area contributed by atoms with Crippen LogP contribution in [0, 0.1) is 0 Å². The summed E-state index contributed by atoms with van der Waals surface area (Å²) < 4.78 is 5.32. The first kappa shape index (κ1) is 14.5. The van der Waals surface area contributed by atoms with E-state index in [9.17, 15) is 9.59 Å². The van der Waals surface area contributed by atoms with E-state index in [0.717, 1.165) is 19.3 Å². The Kier molecular flexibility index (Phi) is 5.12. The summed E-state index contributed by atoms with van der Waals surface area (Å²) in [5.74, 6) is -0.213. The highest BCUT2D eigenvalue weighted by molar-refractivity contribution is 5.96. The summed E-state index contributed by atoms with van der Waals surface area (Å²) in [7, 11) is 0. The Morgan fingerprint density at radius 3 is 2.65 bits per heavy atom. The van der Waals surface area contributed by atoms with E-state index in [-0.39, 0.29) is 17.9 Å². The molecule has 1 fully saturated rings. The van der Waals surface area contributed by atoms with Gasteiger partial charge in [0, 0.05) is 24.4 Å². The smallest absolute Gasteiger partial charge is 0.253 e. The van der Waals surface area contributed by atoms with Crippen LogP contribution in [0.5, 0.6) is 0 Å². The predicted octanol–water partition coefficient (Wildman–Crippen LogP) is 1.94.